The Morgan fingerprint density at radius 3 is 2.58 bits per heavy atom. The van der Waals surface area contributed by atoms with Crippen molar-refractivity contribution in [1.29, 1.82) is 0 Å². The Bertz CT molecular complexity index is 1310. The van der Waals surface area contributed by atoms with Gasteiger partial charge in [-0.15, -0.1) is 0 Å². The standard InChI is InChI=1S/C25H29F3N4O7S/c1-17-19(29-10-9-21(17)39-16-25(26,27)28)15-40(35)22-30-18-7-4-5-8-20(18)32(22)23(33)31(2)11-14-38-24(34)37-13-6-12-36-3/h4-5,7-10H,6,11-16H2,1-3H3. The van der Waals surface area contributed by atoms with Crippen LogP contribution in [0.1, 0.15) is 17.7 Å². The zero-order chi connectivity index (χ0) is 29.3. The van der Waals surface area contributed by atoms with Gasteiger partial charge in [-0.1, -0.05) is 12.1 Å². The molecular weight excluding hydrogens is 557 g/mol. The quantitative estimate of drug-likeness (QED) is 0.175. The number of hydrogen-bond acceptors (Lipinski definition) is 9. The summed E-state index contributed by atoms with van der Waals surface area (Å²) >= 11 is -1.93. The van der Waals surface area contributed by atoms with Crippen LogP contribution in [-0.2, 0) is 31.1 Å². The monoisotopic (exact) mass is 586 g/mol. The summed E-state index contributed by atoms with van der Waals surface area (Å²) in [4.78, 5) is 34.9. The highest BCUT2D eigenvalue weighted by Crippen LogP contribution is 2.27. The van der Waals surface area contributed by atoms with Gasteiger partial charge in [0.2, 0.25) is 0 Å². The number of halogens is 3. The molecule has 3 rings (SSSR count). The predicted molar refractivity (Wildman–Crippen MR) is 138 cm³/mol. The van der Waals surface area contributed by atoms with Crippen molar-refractivity contribution < 1.29 is 46.3 Å². The SMILES string of the molecule is COCCCOC(=O)OCCN(C)C(=O)n1c([S+]([O-])Cc2nccc(OCC(F)(F)F)c2C)nc2ccccc21. The third-order valence-corrected chi connectivity index (χ3v) is 6.75. The molecule has 2 aromatic heterocycles. The van der Waals surface area contributed by atoms with Crippen molar-refractivity contribution in [3.8, 4) is 5.75 Å². The number of nitrogens with zero attached hydrogens (tertiary/aromatic N) is 4. The summed E-state index contributed by atoms with van der Waals surface area (Å²) in [5.41, 5.74) is 1.33. The van der Waals surface area contributed by atoms with Crippen LogP contribution in [0.15, 0.2) is 41.7 Å². The Morgan fingerprint density at radius 1 is 1.12 bits per heavy atom. The Morgan fingerprint density at radius 2 is 1.85 bits per heavy atom. The first kappa shape index (κ1) is 31.0. The molecule has 1 atom stereocenters. The molecule has 0 aliphatic heterocycles. The Labute approximate surface area is 231 Å². The van der Waals surface area contributed by atoms with Crippen molar-refractivity contribution >= 4 is 34.4 Å². The van der Waals surface area contributed by atoms with E-state index in [-0.39, 0.29) is 47.7 Å². The molecule has 2 heterocycles. The fourth-order valence-corrected chi connectivity index (χ4v) is 4.73. The predicted octanol–water partition coefficient (Wildman–Crippen LogP) is 4.08. The second kappa shape index (κ2) is 14.2. The van der Waals surface area contributed by atoms with E-state index in [1.54, 1.807) is 24.3 Å². The van der Waals surface area contributed by atoms with Crippen molar-refractivity contribution in [2.24, 2.45) is 0 Å². The number of carbonyl (C=O) groups is 2. The fourth-order valence-electron chi connectivity index (χ4n) is 3.48. The molecule has 1 unspecified atom stereocenters. The number of ether oxygens (including phenoxy) is 4. The molecule has 0 aliphatic carbocycles. The average molecular weight is 587 g/mol. The Kier molecular flexibility index (Phi) is 11.0. The lowest BCUT2D eigenvalue weighted by Gasteiger charge is -2.19. The van der Waals surface area contributed by atoms with Crippen LogP contribution in [0.25, 0.3) is 11.0 Å². The Hall–Kier alpha value is -3.56. The van der Waals surface area contributed by atoms with Gasteiger partial charge in [0.15, 0.2) is 12.4 Å². The molecule has 0 fully saturated rings. The largest absolute Gasteiger partial charge is 0.609 e. The van der Waals surface area contributed by atoms with E-state index in [9.17, 15) is 27.3 Å². The maximum absolute atomic E-state index is 13.5. The van der Waals surface area contributed by atoms with Gasteiger partial charge in [0.25, 0.3) is 0 Å². The molecule has 0 spiro atoms. The van der Waals surface area contributed by atoms with Crippen LogP contribution in [0.4, 0.5) is 22.8 Å². The average Bonchev–Trinajstić information content (AvgIpc) is 3.30. The third-order valence-electron chi connectivity index (χ3n) is 5.53. The van der Waals surface area contributed by atoms with Gasteiger partial charge in [0.05, 0.1) is 29.9 Å². The summed E-state index contributed by atoms with van der Waals surface area (Å²) in [6.45, 7) is 0.444. The maximum Gasteiger partial charge on any atom is 0.508 e. The van der Waals surface area contributed by atoms with Crippen LogP contribution in [0.5, 0.6) is 5.75 Å². The minimum absolute atomic E-state index is 0.00381. The molecular formula is C25H29F3N4O7S. The number of benzene rings is 1. The molecule has 0 saturated heterocycles. The van der Waals surface area contributed by atoms with E-state index in [1.165, 1.54) is 42.8 Å². The zero-order valence-corrected chi connectivity index (χ0v) is 22.9. The van der Waals surface area contributed by atoms with E-state index >= 15 is 0 Å². The molecule has 0 saturated carbocycles. The van der Waals surface area contributed by atoms with Crippen molar-refractivity contribution in [1.82, 2.24) is 19.4 Å². The highest BCUT2D eigenvalue weighted by atomic mass is 32.2. The number of para-hydroxylation sites is 2. The number of amides is 1. The van der Waals surface area contributed by atoms with E-state index in [2.05, 4.69) is 9.97 Å². The molecule has 40 heavy (non-hydrogen) atoms. The van der Waals surface area contributed by atoms with Gasteiger partial charge in [-0.25, -0.2) is 14.2 Å². The fraction of sp³-hybridized carbons (Fsp3) is 0.440. The lowest BCUT2D eigenvalue weighted by molar-refractivity contribution is -0.153. The first-order valence-electron chi connectivity index (χ1n) is 12.1. The molecule has 1 amide bonds. The van der Waals surface area contributed by atoms with E-state index < -0.39 is 36.1 Å². The van der Waals surface area contributed by atoms with Gasteiger partial charge in [-0.2, -0.15) is 18.2 Å². The maximum atomic E-state index is 13.5. The van der Waals surface area contributed by atoms with Crippen LogP contribution in [0.2, 0.25) is 0 Å². The van der Waals surface area contributed by atoms with Crippen LogP contribution in [0.3, 0.4) is 0 Å². The molecule has 0 aliphatic rings. The molecule has 0 N–H and O–H groups in total. The molecule has 218 valence electrons. The summed E-state index contributed by atoms with van der Waals surface area (Å²) in [6.07, 6.45) is -3.63. The van der Waals surface area contributed by atoms with Gasteiger partial charge in [0, 0.05) is 50.1 Å². The van der Waals surface area contributed by atoms with Crippen LogP contribution in [0, 0.1) is 6.92 Å². The van der Waals surface area contributed by atoms with Crippen molar-refractivity contribution in [2.45, 2.75) is 30.4 Å². The first-order chi connectivity index (χ1) is 19.0. The highest BCUT2D eigenvalue weighted by Gasteiger charge is 2.31. The van der Waals surface area contributed by atoms with E-state index in [0.717, 1.165) is 0 Å². The summed E-state index contributed by atoms with van der Waals surface area (Å²) in [5.74, 6) is -0.270. The topological polar surface area (TPSA) is 128 Å². The van der Waals surface area contributed by atoms with Gasteiger partial charge in [-0.3, -0.25) is 4.98 Å². The molecule has 11 nitrogen and oxygen atoms in total. The van der Waals surface area contributed by atoms with Gasteiger partial charge in [-0.05, 0) is 25.1 Å². The number of alkyl halides is 3. The van der Waals surface area contributed by atoms with E-state index in [4.69, 9.17) is 18.9 Å². The van der Waals surface area contributed by atoms with Crippen LogP contribution >= 0.6 is 0 Å². The molecule has 0 bridgehead atoms. The number of pyridine rings is 1. The number of rotatable bonds is 12. The number of likely N-dealkylation sites (N-methyl/N-ethyl adjacent to an activating group) is 1. The van der Waals surface area contributed by atoms with E-state index in [0.29, 0.717) is 24.1 Å². The van der Waals surface area contributed by atoms with Crippen LogP contribution in [-0.4, -0.2) is 89.5 Å². The van der Waals surface area contributed by atoms with Gasteiger partial charge < -0.3 is 28.4 Å². The highest BCUT2D eigenvalue weighted by molar-refractivity contribution is 7.90. The minimum atomic E-state index is -4.52. The molecule has 15 heteroatoms. The summed E-state index contributed by atoms with van der Waals surface area (Å²) in [5, 5.41) is -0.0701. The van der Waals surface area contributed by atoms with Gasteiger partial charge >= 0.3 is 23.5 Å². The summed E-state index contributed by atoms with van der Waals surface area (Å²) < 4.78 is 72.1. The molecule has 1 aromatic carbocycles. The third kappa shape index (κ3) is 8.47. The molecule has 0 radical (unpaired) electrons. The van der Waals surface area contributed by atoms with Crippen LogP contribution < -0.4 is 4.74 Å². The minimum Gasteiger partial charge on any atom is -0.609 e. The second-order valence-electron chi connectivity index (χ2n) is 8.49. The van der Waals surface area contributed by atoms with Crippen molar-refractivity contribution in [2.75, 3.05) is 47.1 Å². The second-order valence-corrected chi connectivity index (χ2v) is 9.84. The van der Waals surface area contributed by atoms with Gasteiger partial charge in [0.1, 0.15) is 12.4 Å². The number of aromatic nitrogens is 3. The summed E-state index contributed by atoms with van der Waals surface area (Å²) in [6, 6.07) is 7.39. The lowest BCUT2D eigenvalue weighted by Crippen LogP contribution is -2.35. The number of imidazole rings is 1. The number of carbonyl (C=O) groups excluding carboxylic acids is 2. The zero-order valence-electron chi connectivity index (χ0n) is 22.1. The Balaban J connectivity index is 1.74. The number of methoxy groups -OCH3 is 1. The smallest absolute Gasteiger partial charge is 0.508 e. The number of hydrogen-bond donors (Lipinski definition) is 0. The number of fused-ring (bicyclic) bond motifs is 1. The normalized spacial score (nSPS) is 12.3. The molecule has 3 aromatic rings. The van der Waals surface area contributed by atoms with Crippen molar-refractivity contribution in [3.63, 3.8) is 0 Å². The van der Waals surface area contributed by atoms with Crippen molar-refractivity contribution in [3.05, 3.63) is 47.8 Å². The summed E-state index contributed by atoms with van der Waals surface area (Å²) in [7, 11) is 3.01. The lowest BCUT2D eigenvalue weighted by atomic mass is 10.2. The first-order valence-corrected chi connectivity index (χ1v) is 13.4. The van der Waals surface area contributed by atoms with E-state index in [1.807, 2.05) is 0 Å².